The summed E-state index contributed by atoms with van der Waals surface area (Å²) >= 11 is 5.66. The number of carboxylic acid groups (broad SMARTS) is 1. The molecule has 0 fully saturated rings. The first-order valence-electron chi connectivity index (χ1n) is 6.77. The first-order valence-corrected chi connectivity index (χ1v) is 7.15. The molecule has 0 radical (unpaired) electrons. The number of hydrogen-bond acceptors (Lipinski definition) is 3. The second-order valence-electron chi connectivity index (χ2n) is 5.19. The van der Waals surface area contributed by atoms with Gasteiger partial charge in [-0.3, -0.25) is 19.3 Å². The van der Waals surface area contributed by atoms with Crippen LogP contribution in [0.3, 0.4) is 0 Å². The maximum atomic E-state index is 14.1. The Kier molecular flexibility index (Phi) is 4.00. The van der Waals surface area contributed by atoms with Gasteiger partial charge in [0.1, 0.15) is 17.5 Å². The highest BCUT2D eigenvalue weighted by molar-refractivity contribution is 6.34. The van der Waals surface area contributed by atoms with Crippen LogP contribution in [0.25, 0.3) is 0 Å². The van der Waals surface area contributed by atoms with Gasteiger partial charge in [0.25, 0.3) is 5.91 Å². The van der Waals surface area contributed by atoms with Gasteiger partial charge < -0.3 is 5.11 Å². The lowest BCUT2D eigenvalue weighted by Crippen LogP contribution is -2.46. The molecule has 25 heavy (non-hydrogen) atoms. The highest BCUT2D eigenvalue weighted by atomic mass is 35.5. The van der Waals surface area contributed by atoms with Crippen LogP contribution in [-0.4, -0.2) is 22.8 Å². The largest absolute Gasteiger partial charge is 0.480 e. The number of Topliss-reactive ketones (excluding diaryl/α,β-unsaturated/α-hetero) is 1. The number of ketones is 1. The van der Waals surface area contributed by atoms with E-state index in [4.69, 9.17) is 16.7 Å². The van der Waals surface area contributed by atoms with Gasteiger partial charge in [0.15, 0.2) is 11.7 Å². The number of nitrogens with zero attached hydrogens (tertiary/aromatic N) is 1. The Morgan fingerprint density at radius 3 is 2.32 bits per heavy atom. The van der Waals surface area contributed by atoms with Gasteiger partial charge in [-0.15, -0.1) is 0 Å². The molecule has 0 saturated heterocycles. The minimum atomic E-state index is -2.18. The number of benzene rings is 2. The lowest BCUT2D eigenvalue weighted by atomic mass is 9.89. The average molecular weight is 370 g/mol. The smallest absolute Gasteiger partial charge is 0.324 e. The third-order valence-corrected chi connectivity index (χ3v) is 3.96. The van der Waals surface area contributed by atoms with Crippen molar-refractivity contribution in [1.29, 1.82) is 0 Å². The highest BCUT2D eigenvalue weighted by Crippen LogP contribution is 2.40. The lowest BCUT2D eigenvalue weighted by molar-refractivity contribution is -0.143. The first-order chi connectivity index (χ1) is 11.7. The van der Waals surface area contributed by atoms with E-state index in [0.717, 1.165) is 18.2 Å². The van der Waals surface area contributed by atoms with Gasteiger partial charge in [0.05, 0.1) is 16.4 Å². The molecule has 1 unspecified atom stereocenters. The molecule has 0 aromatic heterocycles. The molecule has 0 aliphatic carbocycles. The second kappa shape index (κ2) is 5.89. The molecule has 1 aliphatic rings. The average Bonchev–Trinajstić information content (AvgIpc) is 2.51. The van der Waals surface area contributed by atoms with Crippen molar-refractivity contribution >= 4 is 40.6 Å². The van der Waals surface area contributed by atoms with Crippen LogP contribution in [0.15, 0.2) is 30.3 Å². The summed E-state index contributed by atoms with van der Waals surface area (Å²) in [6.45, 7) is 0. The molecule has 5 nitrogen and oxygen atoms in total. The molecule has 1 aliphatic heterocycles. The van der Waals surface area contributed by atoms with E-state index in [2.05, 4.69) is 0 Å². The molecule has 0 spiro atoms. The number of carboxylic acids is 1. The van der Waals surface area contributed by atoms with E-state index in [9.17, 15) is 27.6 Å². The maximum absolute atomic E-state index is 14.1. The van der Waals surface area contributed by atoms with Gasteiger partial charge in [-0.25, -0.2) is 13.2 Å². The second-order valence-corrected chi connectivity index (χ2v) is 5.60. The molecular weight excluding hydrogens is 363 g/mol. The van der Waals surface area contributed by atoms with Crippen LogP contribution in [0, 0.1) is 23.4 Å². The van der Waals surface area contributed by atoms with Crippen molar-refractivity contribution in [2.45, 2.75) is 0 Å². The van der Waals surface area contributed by atoms with Gasteiger partial charge in [-0.05, 0) is 24.3 Å². The lowest BCUT2D eigenvalue weighted by Gasteiger charge is -2.32. The zero-order chi connectivity index (χ0) is 18.5. The number of carbonyl (C=O) groups excluding carboxylic acids is 2. The molecule has 2 aromatic rings. The van der Waals surface area contributed by atoms with Crippen LogP contribution in [0.1, 0.15) is 10.4 Å². The van der Waals surface area contributed by atoms with E-state index in [-0.39, 0.29) is 5.69 Å². The van der Waals surface area contributed by atoms with Gasteiger partial charge in [-0.2, -0.15) is 0 Å². The Hall–Kier alpha value is -2.87. The number of hydrogen-bond donors (Lipinski definition) is 1. The van der Waals surface area contributed by atoms with Crippen LogP contribution >= 0.6 is 11.6 Å². The predicted molar refractivity (Wildman–Crippen MR) is 80.4 cm³/mol. The van der Waals surface area contributed by atoms with E-state index >= 15 is 0 Å². The number of halogens is 4. The van der Waals surface area contributed by atoms with E-state index in [1.54, 1.807) is 0 Å². The van der Waals surface area contributed by atoms with E-state index in [0.29, 0.717) is 17.0 Å². The van der Waals surface area contributed by atoms with Crippen molar-refractivity contribution in [2.24, 2.45) is 5.92 Å². The summed E-state index contributed by atoms with van der Waals surface area (Å²) in [5.74, 6) is -9.47. The Morgan fingerprint density at radius 1 is 1.04 bits per heavy atom. The van der Waals surface area contributed by atoms with Crippen LogP contribution in [0.4, 0.5) is 24.5 Å². The van der Waals surface area contributed by atoms with E-state index in [1.165, 1.54) is 0 Å². The summed E-state index contributed by atoms with van der Waals surface area (Å²) in [6, 6.07) is 3.82. The predicted octanol–water partition coefficient (Wildman–Crippen LogP) is 3.32. The normalized spacial score (nSPS) is 16.8. The third kappa shape index (κ3) is 2.64. The van der Waals surface area contributed by atoms with Gasteiger partial charge in [-0.1, -0.05) is 11.6 Å². The highest BCUT2D eigenvalue weighted by Gasteiger charge is 2.45. The monoisotopic (exact) mass is 369 g/mol. The molecule has 3 rings (SSSR count). The SMILES string of the molecule is O=C(O)C1C(=O)c2cc(F)c(Cl)cc2N(c2ccc(F)cc2F)C1=O. The molecular formula is C16H7ClF3NO4. The summed E-state index contributed by atoms with van der Waals surface area (Å²) in [5, 5.41) is 8.71. The Balaban J connectivity index is 2.32. The number of carbonyl (C=O) groups is 3. The van der Waals surface area contributed by atoms with Gasteiger partial charge >= 0.3 is 5.97 Å². The molecule has 1 heterocycles. The molecule has 0 saturated carbocycles. The summed E-state index contributed by atoms with van der Waals surface area (Å²) < 4.78 is 41.0. The molecule has 1 atom stereocenters. The zero-order valence-corrected chi connectivity index (χ0v) is 12.9. The molecule has 128 valence electrons. The number of rotatable bonds is 2. The van der Waals surface area contributed by atoms with Crippen molar-refractivity contribution in [3.05, 3.63) is 58.4 Å². The van der Waals surface area contributed by atoms with Crippen molar-refractivity contribution < 1.29 is 32.7 Å². The minimum absolute atomic E-state index is 0.288. The Labute approximate surface area is 143 Å². The molecule has 9 heteroatoms. The van der Waals surface area contributed by atoms with Crippen molar-refractivity contribution in [1.82, 2.24) is 0 Å². The van der Waals surface area contributed by atoms with Crippen molar-refractivity contribution in [2.75, 3.05) is 4.90 Å². The summed E-state index contributed by atoms with van der Waals surface area (Å²) in [7, 11) is 0. The third-order valence-electron chi connectivity index (χ3n) is 3.67. The molecule has 2 aromatic carbocycles. The van der Waals surface area contributed by atoms with Crippen LogP contribution in [0.2, 0.25) is 5.02 Å². The Bertz CT molecular complexity index is 947. The number of anilines is 2. The fraction of sp³-hybridized carbons (Fsp3) is 0.0625. The fourth-order valence-electron chi connectivity index (χ4n) is 2.56. The van der Waals surface area contributed by atoms with Gasteiger partial charge in [0, 0.05) is 11.6 Å². The van der Waals surface area contributed by atoms with Crippen LogP contribution in [-0.2, 0) is 9.59 Å². The van der Waals surface area contributed by atoms with Gasteiger partial charge in [0.2, 0.25) is 0 Å². The van der Waals surface area contributed by atoms with Crippen molar-refractivity contribution in [3.8, 4) is 0 Å². The molecule has 1 amide bonds. The van der Waals surface area contributed by atoms with E-state index in [1.807, 2.05) is 0 Å². The molecule has 0 bridgehead atoms. The number of aliphatic carboxylic acids is 1. The summed E-state index contributed by atoms with van der Waals surface area (Å²) in [6.07, 6.45) is 0. The van der Waals surface area contributed by atoms with Crippen molar-refractivity contribution in [3.63, 3.8) is 0 Å². The first kappa shape index (κ1) is 17.0. The Morgan fingerprint density at radius 2 is 1.72 bits per heavy atom. The van der Waals surface area contributed by atoms with E-state index < -0.39 is 57.3 Å². The zero-order valence-electron chi connectivity index (χ0n) is 12.1. The summed E-state index contributed by atoms with van der Waals surface area (Å²) in [4.78, 5) is 36.6. The number of amides is 1. The standard InChI is InChI=1S/C16H7ClF3NO4/c17-8-5-12-7(4-9(8)19)14(22)13(16(24)25)15(23)21(12)11-2-1-6(18)3-10(11)20/h1-5,13H,(H,24,25). The maximum Gasteiger partial charge on any atom is 0.324 e. The minimum Gasteiger partial charge on any atom is -0.480 e. The topological polar surface area (TPSA) is 74.7 Å². The summed E-state index contributed by atoms with van der Waals surface area (Å²) in [5.41, 5.74) is -1.23. The number of fused-ring (bicyclic) bond motifs is 1. The quantitative estimate of drug-likeness (QED) is 0.824. The fourth-order valence-corrected chi connectivity index (χ4v) is 2.72. The molecule has 1 N–H and O–H groups in total. The van der Waals surface area contributed by atoms with Crippen LogP contribution < -0.4 is 4.90 Å². The van der Waals surface area contributed by atoms with Crippen LogP contribution in [0.5, 0.6) is 0 Å².